The highest BCUT2D eigenvalue weighted by molar-refractivity contribution is 8.00. The van der Waals surface area contributed by atoms with Crippen LogP contribution in [0.1, 0.15) is 42.5 Å². The maximum Gasteiger partial charge on any atom is 0.407 e. The van der Waals surface area contributed by atoms with Crippen molar-refractivity contribution in [2.45, 2.75) is 42.8 Å². The van der Waals surface area contributed by atoms with E-state index in [0.717, 1.165) is 22.4 Å². The van der Waals surface area contributed by atoms with Gasteiger partial charge in [0.2, 0.25) is 5.88 Å². The van der Waals surface area contributed by atoms with Gasteiger partial charge in [-0.1, -0.05) is 37.1 Å². The molecule has 30 heavy (non-hydrogen) atoms. The first kappa shape index (κ1) is 20.8. The molecule has 4 rings (SSSR count). The number of aromatic nitrogens is 1. The molecular formula is C24H28N2O3S. The van der Waals surface area contributed by atoms with Crippen LogP contribution in [-0.4, -0.2) is 46.5 Å². The van der Waals surface area contributed by atoms with Crippen molar-refractivity contribution in [2.24, 2.45) is 5.92 Å². The summed E-state index contributed by atoms with van der Waals surface area (Å²) in [7, 11) is 1.66. The van der Waals surface area contributed by atoms with Crippen molar-refractivity contribution in [1.82, 2.24) is 9.88 Å². The predicted octanol–water partition coefficient (Wildman–Crippen LogP) is 5.47. The summed E-state index contributed by atoms with van der Waals surface area (Å²) in [5.41, 5.74) is 4.30. The van der Waals surface area contributed by atoms with Gasteiger partial charge in [-0.2, -0.15) is 0 Å². The number of benzene rings is 1. The molecule has 2 aromatic rings. The van der Waals surface area contributed by atoms with Gasteiger partial charge in [-0.3, -0.25) is 0 Å². The molecule has 0 atom stereocenters. The standard InChI is InChI=1S/C24H28N2O3S/c1-16-7-12-22(25-23(16)29-2)21(13-17-5-3-4-6-17)18-8-10-19(11-9-18)30-20-14-26(15-20)24(27)28/h7-13,17,20H,3-6,14-15H2,1-2H3,(H,27,28). The van der Waals surface area contributed by atoms with E-state index in [1.807, 2.05) is 6.92 Å². The van der Waals surface area contributed by atoms with E-state index in [0.29, 0.717) is 30.1 Å². The summed E-state index contributed by atoms with van der Waals surface area (Å²) < 4.78 is 5.46. The summed E-state index contributed by atoms with van der Waals surface area (Å²) in [5, 5.41) is 9.33. The number of pyridine rings is 1. The molecule has 158 valence electrons. The monoisotopic (exact) mass is 424 g/mol. The minimum absolute atomic E-state index is 0.337. The molecule has 2 aliphatic rings. The van der Waals surface area contributed by atoms with E-state index in [9.17, 15) is 4.79 Å². The molecule has 0 unspecified atom stereocenters. The molecule has 1 saturated heterocycles. The molecule has 1 N–H and O–H groups in total. The lowest BCUT2D eigenvalue weighted by atomic mass is 9.96. The average molecular weight is 425 g/mol. The first-order valence-corrected chi connectivity index (χ1v) is 11.4. The number of hydrogen-bond donors (Lipinski definition) is 1. The quantitative estimate of drug-likeness (QED) is 0.666. The fourth-order valence-electron chi connectivity index (χ4n) is 4.13. The molecule has 0 radical (unpaired) electrons. The zero-order valence-electron chi connectivity index (χ0n) is 17.5. The maximum atomic E-state index is 10.9. The molecule has 1 amide bonds. The lowest BCUT2D eigenvalue weighted by Gasteiger charge is -2.36. The highest BCUT2D eigenvalue weighted by Crippen LogP contribution is 2.34. The summed E-state index contributed by atoms with van der Waals surface area (Å²) in [6.07, 6.45) is 6.63. The summed E-state index contributed by atoms with van der Waals surface area (Å²) in [5.74, 6) is 1.27. The molecule has 0 spiro atoms. The van der Waals surface area contributed by atoms with Gasteiger partial charge in [0.1, 0.15) is 0 Å². The average Bonchev–Trinajstić information content (AvgIpc) is 3.23. The molecule has 2 fully saturated rings. The van der Waals surface area contributed by atoms with Crippen LogP contribution < -0.4 is 4.74 Å². The van der Waals surface area contributed by atoms with Crippen molar-refractivity contribution < 1.29 is 14.6 Å². The van der Waals surface area contributed by atoms with Crippen LogP contribution in [0.3, 0.4) is 0 Å². The van der Waals surface area contributed by atoms with Crippen LogP contribution in [0.4, 0.5) is 4.79 Å². The minimum atomic E-state index is -0.829. The van der Waals surface area contributed by atoms with Crippen molar-refractivity contribution in [2.75, 3.05) is 20.2 Å². The Hall–Kier alpha value is -2.47. The van der Waals surface area contributed by atoms with Gasteiger partial charge in [0, 0.05) is 34.4 Å². The zero-order chi connectivity index (χ0) is 21.1. The van der Waals surface area contributed by atoms with Crippen LogP contribution in [0.5, 0.6) is 5.88 Å². The molecule has 1 aliphatic heterocycles. The van der Waals surface area contributed by atoms with Crippen LogP contribution in [0.2, 0.25) is 0 Å². The first-order chi connectivity index (χ1) is 14.5. The Bertz CT molecular complexity index is 930. The molecule has 1 aromatic carbocycles. The second-order valence-corrected chi connectivity index (χ2v) is 9.47. The largest absolute Gasteiger partial charge is 0.481 e. The van der Waals surface area contributed by atoms with Crippen LogP contribution in [-0.2, 0) is 0 Å². The van der Waals surface area contributed by atoms with Crippen molar-refractivity contribution in [3.8, 4) is 5.88 Å². The van der Waals surface area contributed by atoms with Gasteiger partial charge in [0.25, 0.3) is 0 Å². The first-order valence-electron chi connectivity index (χ1n) is 10.5. The Kier molecular flexibility index (Phi) is 6.32. The van der Waals surface area contributed by atoms with E-state index in [4.69, 9.17) is 14.8 Å². The molecule has 1 saturated carbocycles. The highest BCUT2D eigenvalue weighted by atomic mass is 32.2. The number of likely N-dealkylation sites (tertiary alicyclic amines) is 1. The molecule has 1 aromatic heterocycles. The third kappa shape index (κ3) is 4.64. The van der Waals surface area contributed by atoms with E-state index >= 15 is 0 Å². The van der Waals surface area contributed by atoms with E-state index in [1.165, 1.54) is 35.5 Å². The lowest BCUT2D eigenvalue weighted by Crippen LogP contribution is -2.51. The predicted molar refractivity (Wildman–Crippen MR) is 120 cm³/mol. The molecule has 6 heteroatoms. The number of nitrogens with zero attached hydrogens (tertiary/aromatic N) is 2. The number of aryl methyl sites for hydroxylation is 1. The van der Waals surface area contributed by atoms with Crippen molar-refractivity contribution in [3.63, 3.8) is 0 Å². The van der Waals surface area contributed by atoms with Gasteiger partial charge in [-0.25, -0.2) is 9.78 Å². The number of methoxy groups -OCH3 is 1. The summed E-state index contributed by atoms with van der Waals surface area (Å²) in [6, 6.07) is 12.7. The maximum absolute atomic E-state index is 10.9. The van der Waals surface area contributed by atoms with Gasteiger partial charge >= 0.3 is 6.09 Å². The Morgan fingerprint density at radius 3 is 2.50 bits per heavy atom. The molecule has 0 bridgehead atoms. The van der Waals surface area contributed by atoms with Gasteiger partial charge < -0.3 is 14.7 Å². The van der Waals surface area contributed by atoms with E-state index in [1.54, 1.807) is 18.9 Å². The number of ether oxygens (including phenoxy) is 1. The lowest BCUT2D eigenvalue weighted by molar-refractivity contribution is 0.121. The number of allylic oxidation sites excluding steroid dienone is 1. The van der Waals surface area contributed by atoms with Crippen LogP contribution >= 0.6 is 11.8 Å². The third-order valence-corrected chi connectivity index (χ3v) is 7.08. The van der Waals surface area contributed by atoms with Crippen LogP contribution in [0, 0.1) is 12.8 Å². The SMILES string of the molecule is COc1nc(C(=CC2CCCC2)c2ccc(SC3CN(C(=O)O)C3)cc2)ccc1C. The summed E-state index contributed by atoms with van der Waals surface area (Å²) in [6.45, 7) is 3.21. The van der Waals surface area contributed by atoms with Crippen LogP contribution in [0.15, 0.2) is 47.4 Å². The molecule has 5 nitrogen and oxygen atoms in total. The fraction of sp³-hybridized carbons (Fsp3) is 0.417. The third-order valence-electron chi connectivity index (χ3n) is 5.91. The normalized spacial score (nSPS) is 17.8. The van der Waals surface area contributed by atoms with Crippen molar-refractivity contribution >= 4 is 23.4 Å². The van der Waals surface area contributed by atoms with Gasteiger partial charge in [-0.05, 0) is 49.4 Å². The highest BCUT2D eigenvalue weighted by Gasteiger charge is 2.31. The van der Waals surface area contributed by atoms with Gasteiger partial charge in [0.05, 0.1) is 12.8 Å². The van der Waals surface area contributed by atoms with E-state index in [2.05, 4.69) is 42.5 Å². The zero-order valence-corrected chi connectivity index (χ0v) is 18.3. The molecule has 1 aliphatic carbocycles. The number of rotatable bonds is 6. The summed E-state index contributed by atoms with van der Waals surface area (Å²) >= 11 is 1.75. The Labute approximate surface area is 182 Å². The Balaban J connectivity index is 1.56. The minimum Gasteiger partial charge on any atom is -0.481 e. The van der Waals surface area contributed by atoms with E-state index < -0.39 is 6.09 Å². The van der Waals surface area contributed by atoms with Gasteiger partial charge in [0.15, 0.2) is 0 Å². The number of hydrogen-bond acceptors (Lipinski definition) is 4. The Morgan fingerprint density at radius 1 is 1.17 bits per heavy atom. The number of thioether (sulfide) groups is 1. The second-order valence-electron chi connectivity index (χ2n) is 8.10. The van der Waals surface area contributed by atoms with Crippen molar-refractivity contribution in [3.05, 3.63) is 59.3 Å². The smallest absolute Gasteiger partial charge is 0.407 e. The van der Waals surface area contributed by atoms with Gasteiger partial charge in [-0.15, -0.1) is 11.8 Å². The number of carboxylic acid groups (broad SMARTS) is 1. The number of amides is 1. The number of carbonyl (C=O) groups is 1. The molecular weight excluding hydrogens is 396 g/mol. The fourth-order valence-corrected chi connectivity index (χ4v) is 5.32. The second kappa shape index (κ2) is 9.13. The Morgan fingerprint density at radius 2 is 1.87 bits per heavy atom. The summed E-state index contributed by atoms with van der Waals surface area (Å²) in [4.78, 5) is 18.3. The topological polar surface area (TPSA) is 62.7 Å². The van der Waals surface area contributed by atoms with Crippen LogP contribution in [0.25, 0.3) is 5.57 Å². The van der Waals surface area contributed by atoms with E-state index in [-0.39, 0.29) is 0 Å². The van der Waals surface area contributed by atoms with Crippen molar-refractivity contribution in [1.29, 1.82) is 0 Å². The molecule has 2 heterocycles.